The largest absolute Gasteiger partial charge is 0 e. The minimum atomic E-state index is 0. The Morgan fingerprint density at radius 3 is 1.00 bits per heavy atom. The molecule has 0 spiro atoms. The van der Waals surface area contributed by atoms with Crippen LogP contribution in [0.1, 0.15) is 0 Å². The maximum absolute atomic E-state index is 0. The van der Waals surface area contributed by atoms with Gasteiger partial charge in [-0.3, -0.25) is 0 Å². The quantitative estimate of drug-likeness (QED) is 0.464. The van der Waals surface area contributed by atoms with Gasteiger partial charge in [0, 0.05) is 110 Å². The molecule has 0 aliphatic heterocycles. The zero-order valence-electron chi connectivity index (χ0n) is 3.31. The van der Waals surface area contributed by atoms with E-state index in [-0.39, 0.29) is 110 Å². The van der Waals surface area contributed by atoms with Crippen molar-refractivity contribution >= 4 is 34.4 Å². The molecule has 0 unspecified atom stereocenters. The molecule has 0 aliphatic rings. The molecule has 8 heavy (non-hydrogen) atoms. The standard InChI is InChI=1S/C.Cr.Fe.Mn.Ni.P.S.Si. The van der Waals surface area contributed by atoms with Crippen LogP contribution in [0.2, 0.25) is 0 Å². The van der Waals surface area contributed by atoms with Gasteiger partial charge in [0.2, 0.25) is 0 Å². The SMILES string of the molecule is [C].[Cr].[Fe].[Mn].[Ni].[P].[S].[Si]. The summed E-state index contributed by atoms with van der Waals surface area (Å²) >= 11 is 0. The maximum Gasteiger partial charge on any atom is 0 e. The van der Waals surface area contributed by atoms with Gasteiger partial charge in [-0.1, -0.05) is 0 Å². The molecule has 0 fully saturated rings. The van der Waals surface area contributed by atoms with E-state index in [2.05, 4.69) is 0 Å². The fourth-order valence-corrected chi connectivity index (χ4v) is 0. The molecule has 0 rings (SSSR count). The topological polar surface area (TPSA) is 0 Å². The summed E-state index contributed by atoms with van der Waals surface area (Å²) in [5.74, 6) is 0. The fraction of sp³-hybridized carbons (Fsp3) is 0. The van der Waals surface area contributed by atoms with Crippen LogP contribution < -0.4 is 0 Å². The molecule has 0 saturated heterocycles. The Bertz CT molecular complexity index is 24.0. The zero-order chi connectivity index (χ0) is 0. The summed E-state index contributed by atoms with van der Waals surface area (Å²) in [6.07, 6.45) is 0. The molecule has 0 atom stereocenters. The van der Waals surface area contributed by atoms with Crippen LogP contribution in [0.3, 0.4) is 0 Å². The molecule has 0 aromatic carbocycles. The van der Waals surface area contributed by atoms with E-state index in [1.807, 2.05) is 0 Å². The minimum Gasteiger partial charge on any atom is 0 e. The van der Waals surface area contributed by atoms with Crippen molar-refractivity contribution < 1.29 is 68.0 Å². The molecule has 0 saturated carbocycles. The Morgan fingerprint density at radius 1 is 1.00 bits per heavy atom. The molecule has 0 aromatic rings. The van der Waals surface area contributed by atoms with Gasteiger partial charge in [0.25, 0.3) is 0 Å². The third-order valence-corrected chi connectivity index (χ3v) is 0. The molecule has 14 radical (unpaired) electrons. The van der Waals surface area contributed by atoms with Crippen LogP contribution in [-0.4, -0.2) is 11.0 Å². The molecule has 0 amide bonds. The van der Waals surface area contributed by atoms with Crippen molar-refractivity contribution in [3.8, 4) is 0 Å². The summed E-state index contributed by atoms with van der Waals surface area (Å²) in [7, 11) is 0. The molecule has 0 bridgehead atoms. The maximum atomic E-state index is 0. The van der Waals surface area contributed by atoms with E-state index in [1.165, 1.54) is 0 Å². The second-order valence-electron chi connectivity index (χ2n) is 0. The zero-order valence-corrected chi connectivity index (χ0v) is 10.6. The summed E-state index contributed by atoms with van der Waals surface area (Å²) in [6, 6.07) is 0. The summed E-state index contributed by atoms with van der Waals surface area (Å²) in [5, 5.41) is 0. The molecular formula is CCrFeMnNiPSSi. The predicted molar refractivity (Wildman–Crippen MR) is 23.5 cm³/mol. The fourth-order valence-electron chi connectivity index (χ4n) is 0. The Balaban J connectivity index is 0. The predicted octanol–water partition coefficient (Wildman–Crippen LogP) is 1.20. The van der Waals surface area contributed by atoms with E-state index < -0.39 is 0 Å². The van der Waals surface area contributed by atoms with Gasteiger partial charge in [0.05, 0.1) is 0 Å². The number of hydrogen-bond donors (Lipinski definition) is 0. The van der Waals surface area contributed by atoms with Gasteiger partial charge in [-0.2, -0.15) is 0 Å². The van der Waals surface area contributed by atoms with Gasteiger partial charge in [-0.05, 0) is 0 Å². The van der Waals surface area contributed by atoms with Gasteiger partial charge in [0.1, 0.15) is 0 Å². The van der Waals surface area contributed by atoms with Gasteiger partial charge in [0.15, 0.2) is 0 Å². The van der Waals surface area contributed by atoms with Crippen LogP contribution in [0.5, 0.6) is 0 Å². The van der Waals surface area contributed by atoms with E-state index >= 15 is 0 Å². The van der Waals surface area contributed by atoms with Crippen LogP contribution in [0.15, 0.2) is 0 Å². The molecule has 50 valence electrons. The first-order valence-corrected chi connectivity index (χ1v) is 0. The van der Waals surface area contributed by atoms with Crippen molar-refractivity contribution in [1.82, 2.24) is 0 Å². The summed E-state index contributed by atoms with van der Waals surface area (Å²) in [5.41, 5.74) is 0. The average molecular weight is 325 g/mol. The summed E-state index contributed by atoms with van der Waals surface area (Å²) in [4.78, 5) is 0. The first kappa shape index (κ1) is 119. The second kappa shape index (κ2) is 88.1. The van der Waals surface area contributed by atoms with E-state index in [4.69, 9.17) is 0 Å². The van der Waals surface area contributed by atoms with Crippen LogP contribution in [0.25, 0.3) is 0 Å². The molecule has 0 aliphatic carbocycles. The molecule has 0 heterocycles. The molecular weight excluding hydrogens is 325 g/mol. The monoisotopic (exact) mass is 324 g/mol. The smallest absolute Gasteiger partial charge is 0 e. The van der Waals surface area contributed by atoms with E-state index in [9.17, 15) is 0 Å². The van der Waals surface area contributed by atoms with Crippen molar-refractivity contribution in [2.45, 2.75) is 0 Å². The summed E-state index contributed by atoms with van der Waals surface area (Å²) < 4.78 is 0. The van der Waals surface area contributed by atoms with Crippen LogP contribution in [0.4, 0.5) is 0 Å². The Hall–Kier alpha value is 3.06. The Labute approximate surface area is 109 Å². The number of rotatable bonds is 0. The van der Waals surface area contributed by atoms with E-state index in [0.717, 1.165) is 0 Å². The molecule has 7 heteroatoms. The van der Waals surface area contributed by atoms with Crippen molar-refractivity contribution in [1.29, 1.82) is 0 Å². The van der Waals surface area contributed by atoms with Crippen LogP contribution in [0, 0.1) is 7.43 Å². The third kappa shape index (κ3) is 62.8. The van der Waals surface area contributed by atoms with Crippen LogP contribution in [-0.2, 0) is 68.0 Å². The average Bonchev–Trinajstić information content (AvgIpc) is 0. The first-order chi connectivity index (χ1) is 0. The molecule has 0 nitrogen and oxygen atoms in total. The molecule has 0 aromatic heterocycles. The Morgan fingerprint density at radius 2 is 1.00 bits per heavy atom. The van der Waals surface area contributed by atoms with Crippen molar-refractivity contribution in [3.05, 3.63) is 7.43 Å². The minimum absolute atomic E-state index is 0. The summed E-state index contributed by atoms with van der Waals surface area (Å²) in [6.45, 7) is 0. The van der Waals surface area contributed by atoms with Crippen molar-refractivity contribution in [2.24, 2.45) is 0 Å². The van der Waals surface area contributed by atoms with Gasteiger partial charge < -0.3 is 0 Å². The van der Waals surface area contributed by atoms with Crippen LogP contribution >= 0.6 is 23.4 Å². The van der Waals surface area contributed by atoms with Gasteiger partial charge in [-0.25, -0.2) is 0 Å². The van der Waals surface area contributed by atoms with E-state index in [0.29, 0.717) is 0 Å². The van der Waals surface area contributed by atoms with E-state index in [1.54, 1.807) is 0 Å². The third-order valence-electron chi connectivity index (χ3n) is 0. The number of hydrogen-bond acceptors (Lipinski definition) is 0. The molecule has 0 N–H and O–H groups in total. The van der Waals surface area contributed by atoms with Crippen molar-refractivity contribution in [3.63, 3.8) is 0 Å². The first-order valence-electron chi connectivity index (χ1n) is 0. The van der Waals surface area contributed by atoms with Gasteiger partial charge >= 0.3 is 0 Å². The normalized spacial score (nSPS) is 0. The Kier molecular flexibility index (Phi) is 1320. The van der Waals surface area contributed by atoms with Gasteiger partial charge in [-0.15, -0.1) is 0 Å². The van der Waals surface area contributed by atoms with Crippen molar-refractivity contribution in [2.75, 3.05) is 0 Å². The second-order valence-corrected chi connectivity index (χ2v) is 0.